The fourth-order valence-corrected chi connectivity index (χ4v) is 1.53. The van der Waals surface area contributed by atoms with Crippen LogP contribution in [-0.4, -0.2) is 18.5 Å². The molecule has 0 radical (unpaired) electrons. The van der Waals surface area contributed by atoms with E-state index in [1.54, 1.807) is 31.2 Å². The van der Waals surface area contributed by atoms with Crippen LogP contribution in [0.15, 0.2) is 39.5 Å². The predicted octanol–water partition coefficient (Wildman–Crippen LogP) is 1.29. The molecular weight excluding hydrogens is 250 g/mol. The number of rotatable bonds is 2. The average molecular weight is 261 g/mol. The molecular formula is C13H11NO5. The molecule has 6 heteroatoms. The van der Waals surface area contributed by atoms with Crippen LogP contribution >= 0.6 is 0 Å². The van der Waals surface area contributed by atoms with E-state index in [9.17, 15) is 14.4 Å². The lowest BCUT2D eigenvalue weighted by Gasteiger charge is -2.04. The van der Waals surface area contributed by atoms with E-state index in [0.717, 1.165) is 6.07 Å². The van der Waals surface area contributed by atoms with Gasteiger partial charge < -0.3 is 9.15 Å². The Balaban J connectivity index is 2.29. The molecule has 2 rings (SSSR count). The molecule has 1 heterocycles. The third-order valence-electron chi connectivity index (χ3n) is 2.33. The number of amides is 1. The van der Waals surface area contributed by atoms with Crippen LogP contribution in [-0.2, 0) is 14.3 Å². The molecule has 1 amide bonds. The molecule has 0 fully saturated rings. The number of fused-ring (bicyclic) bond motifs is 1. The lowest BCUT2D eigenvalue weighted by atomic mass is 10.2. The van der Waals surface area contributed by atoms with Gasteiger partial charge in [-0.3, -0.25) is 14.9 Å². The molecule has 0 aliphatic heterocycles. The van der Waals surface area contributed by atoms with Gasteiger partial charge in [-0.15, -0.1) is 0 Å². The van der Waals surface area contributed by atoms with Crippen LogP contribution in [0.1, 0.15) is 6.92 Å². The number of nitrogens with one attached hydrogen (secondary N) is 1. The first-order chi connectivity index (χ1) is 9.11. The van der Waals surface area contributed by atoms with E-state index in [1.807, 2.05) is 0 Å². The Hall–Kier alpha value is -2.63. The van der Waals surface area contributed by atoms with Gasteiger partial charge in [-0.2, -0.15) is 0 Å². The monoisotopic (exact) mass is 261 g/mol. The zero-order chi connectivity index (χ0) is 13.8. The molecule has 98 valence electrons. The quantitative estimate of drug-likeness (QED) is 0.650. The number of hydrogen-bond acceptors (Lipinski definition) is 5. The van der Waals surface area contributed by atoms with Crippen LogP contribution < -0.4 is 10.7 Å². The fraction of sp³-hybridized carbons (Fsp3) is 0.154. The van der Waals surface area contributed by atoms with Crippen molar-refractivity contribution < 1.29 is 18.7 Å². The van der Waals surface area contributed by atoms with Gasteiger partial charge in [0.2, 0.25) is 5.88 Å². The number of benzene rings is 1. The number of hydrogen-bond donors (Lipinski definition) is 1. The highest BCUT2D eigenvalue weighted by Crippen LogP contribution is 2.14. The maximum Gasteiger partial charge on any atom is 0.397 e. The normalized spacial score (nSPS) is 10.2. The molecule has 0 atom stereocenters. The van der Waals surface area contributed by atoms with E-state index in [0.29, 0.717) is 11.0 Å². The van der Waals surface area contributed by atoms with Crippen molar-refractivity contribution in [2.75, 3.05) is 11.9 Å². The van der Waals surface area contributed by atoms with Crippen LogP contribution in [0.4, 0.5) is 5.88 Å². The van der Waals surface area contributed by atoms with Gasteiger partial charge in [0.05, 0.1) is 12.0 Å². The standard InChI is InChI=1S/C13H11NO5/c1-2-18-13(17)12(16)14-11-7-9(15)8-5-3-4-6-10(8)19-11/h3-7H,2H2,1H3,(H,14,16). The minimum atomic E-state index is -1.03. The molecule has 6 nitrogen and oxygen atoms in total. The van der Waals surface area contributed by atoms with Gasteiger partial charge in [0, 0.05) is 6.07 Å². The van der Waals surface area contributed by atoms with Crippen molar-refractivity contribution in [3.8, 4) is 0 Å². The van der Waals surface area contributed by atoms with Gasteiger partial charge in [0.1, 0.15) is 5.58 Å². The lowest BCUT2D eigenvalue weighted by Crippen LogP contribution is -2.25. The summed E-state index contributed by atoms with van der Waals surface area (Å²) in [6.07, 6.45) is 0. The number of carbonyl (C=O) groups excluding carboxylic acids is 2. The molecule has 0 saturated carbocycles. The van der Waals surface area contributed by atoms with Crippen LogP contribution in [0.3, 0.4) is 0 Å². The van der Waals surface area contributed by atoms with E-state index in [4.69, 9.17) is 4.42 Å². The number of anilines is 1. The molecule has 0 unspecified atom stereocenters. The summed E-state index contributed by atoms with van der Waals surface area (Å²) in [6.45, 7) is 1.68. The number of carbonyl (C=O) groups is 2. The molecule has 0 saturated heterocycles. The molecule has 1 N–H and O–H groups in total. The number of para-hydroxylation sites is 1. The SMILES string of the molecule is CCOC(=O)C(=O)Nc1cc(=O)c2ccccc2o1. The number of ether oxygens (including phenoxy) is 1. The fourth-order valence-electron chi connectivity index (χ4n) is 1.53. The van der Waals surface area contributed by atoms with E-state index in [-0.39, 0.29) is 17.9 Å². The van der Waals surface area contributed by atoms with Gasteiger partial charge >= 0.3 is 11.9 Å². The van der Waals surface area contributed by atoms with Crippen molar-refractivity contribution in [3.05, 3.63) is 40.6 Å². The maximum atomic E-state index is 11.7. The van der Waals surface area contributed by atoms with Gasteiger partial charge in [-0.05, 0) is 19.1 Å². The third-order valence-corrected chi connectivity index (χ3v) is 2.33. The Morgan fingerprint density at radius 1 is 1.32 bits per heavy atom. The second-order valence-corrected chi connectivity index (χ2v) is 3.65. The van der Waals surface area contributed by atoms with E-state index < -0.39 is 11.9 Å². The van der Waals surface area contributed by atoms with Gasteiger partial charge in [-0.25, -0.2) is 4.79 Å². The Morgan fingerprint density at radius 2 is 2.05 bits per heavy atom. The molecule has 0 aliphatic rings. The van der Waals surface area contributed by atoms with Crippen molar-refractivity contribution in [1.29, 1.82) is 0 Å². The summed E-state index contributed by atoms with van der Waals surface area (Å²) >= 11 is 0. The lowest BCUT2D eigenvalue weighted by molar-refractivity contribution is -0.152. The zero-order valence-electron chi connectivity index (χ0n) is 10.1. The first-order valence-corrected chi connectivity index (χ1v) is 5.63. The summed E-state index contributed by atoms with van der Waals surface area (Å²) in [5.41, 5.74) is 0.0233. The Labute approximate surface area is 108 Å². The zero-order valence-corrected chi connectivity index (χ0v) is 10.1. The Morgan fingerprint density at radius 3 is 2.79 bits per heavy atom. The highest BCUT2D eigenvalue weighted by Gasteiger charge is 2.16. The first kappa shape index (κ1) is 12.8. The molecule has 1 aromatic heterocycles. The molecule has 0 bridgehead atoms. The van der Waals surface area contributed by atoms with Crippen molar-refractivity contribution in [3.63, 3.8) is 0 Å². The summed E-state index contributed by atoms with van der Waals surface area (Å²) in [6, 6.07) is 7.71. The van der Waals surface area contributed by atoms with E-state index in [1.165, 1.54) is 0 Å². The summed E-state index contributed by atoms with van der Waals surface area (Å²) in [7, 11) is 0. The van der Waals surface area contributed by atoms with E-state index >= 15 is 0 Å². The molecule has 1 aromatic carbocycles. The average Bonchev–Trinajstić information content (AvgIpc) is 2.39. The summed E-state index contributed by atoms with van der Waals surface area (Å²) in [4.78, 5) is 34.3. The van der Waals surface area contributed by atoms with Gasteiger partial charge in [0.25, 0.3) is 0 Å². The molecule has 19 heavy (non-hydrogen) atoms. The first-order valence-electron chi connectivity index (χ1n) is 5.63. The summed E-state index contributed by atoms with van der Waals surface area (Å²) in [5, 5.41) is 2.58. The predicted molar refractivity (Wildman–Crippen MR) is 67.7 cm³/mol. The van der Waals surface area contributed by atoms with Gasteiger partial charge in [0.15, 0.2) is 5.43 Å². The van der Waals surface area contributed by atoms with Crippen molar-refractivity contribution in [1.82, 2.24) is 0 Å². The largest absolute Gasteiger partial charge is 0.459 e. The van der Waals surface area contributed by atoms with Crippen molar-refractivity contribution in [2.45, 2.75) is 6.92 Å². The third kappa shape index (κ3) is 2.79. The summed E-state index contributed by atoms with van der Waals surface area (Å²) < 4.78 is 9.82. The highest BCUT2D eigenvalue weighted by molar-refractivity contribution is 6.37. The maximum absolute atomic E-state index is 11.7. The van der Waals surface area contributed by atoms with E-state index in [2.05, 4.69) is 10.1 Å². The minimum absolute atomic E-state index is 0.0912. The van der Waals surface area contributed by atoms with Crippen LogP contribution in [0.5, 0.6) is 0 Å². The molecule has 0 aliphatic carbocycles. The molecule has 0 spiro atoms. The van der Waals surface area contributed by atoms with Crippen molar-refractivity contribution >= 4 is 28.7 Å². The van der Waals surface area contributed by atoms with Crippen LogP contribution in [0.2, 0.25) is 0 Å². The minimum Gasteiger partial charge on any atom is -0.459 e. The second-order valence-electron chi connectivity index (χ2n) is 3.65. The Kier molecular flexibility index (Phi) is 3.61. The topological polar surface area (TPSA) is 85.6 Å². The highest BCUT2D eigenvalue weighted by atomic mass is 16.5. The van der Waals surface area contributed by atoms with Gasteiger partial charge in [-0.1, -0.05) is 12.1 Å². The van der Waals surface area contributed by atoms with Crippen molar-refractivity contribution in [2.24, 2.45) is 0 Å². The van der Waals surface area contributed by atoms with Crippen LogP contribution in [0, 0.1) is 0 Å². The number of esters is 1. The second kappa shape index (κ2) is 5.34. The Bertz CT molecular complexity index is 689. The smallest absolute Gasteiger partial charge is 0.397 e. The van der Waals surface area contributed by atoms with Crippen LogP contribution in [0.25, 0.3) is 11.0 Å². The summed E-state index contributed by atoms with van der Waals surface area (Å²) in [5.74, 6) is -2.11. The molecule has 2 aromatic rings.